The highest BCUT2D eigenvalue weighted by Crippen LogP contribution is 2.46. The highest BCUT2D eigenvalue weighted by Gasteiger charge is 2.40. The Bertz CT molecular complexity index is 170. The average Bonchev–Trinajstić information content (AvgIpc) is 2.69. The molecule has 15 heavy (non-hydrogen) atoms. The van der Waals surface area contributed by atoms with Crippen LogP contribution in [0.5, 0.6) is 0 Å². The normalized spacial score (nSPS) is 24.0. The van der Waals surface area contributed by atoms with Crippen molar-refractivity contribution in [3.8, 4) is 0 Å². The third-order valence-corrected chi connectivity index (χ3v) is 4.59. The van der Waals surface area contributed by atoms with Gasteiger partial charge in [-0.05, 0) is 44.1 Å². The molecule has 2 atom stereocenters. The van der Waals surface area contributed by atoms with Gasteiger partial charge in [-0.1, -0.05) is 40.0 Å². The van der Waals surface area contributed by atoms with E-state index < -0.39 is 0 Å². The van der Waals surface area contributed by atoms with E-state index in [2.05, 4.69) is 33.1 Å². The first kappa shape index (κ1) is 13.0. The monoisotopic (exact) mass is 211 g/mol. The van der Waals surface area contributed by atoms with Gasteiger partial charge in [0.25, 0.3) is 0 Å². The lowest BCUT2D eigenvalue weighted by atomic mass is 9.70. The zero-order valence-electron chi connectivity index (χ0n) is 11.1. The Morgan fingerprint density at radius 2 is 1.80 bits per heavy atom. The first-order valence-corrected chi connectivity index (χ1v) is 6.87. The first-order chi connectivity index (χ1) is 7.20. The zero-order valence-corrected chi connectivity index (χ0v) is 11.1. The molecule has 0 bridgehead atoms. The van der Waals surface area contributed by atoms with Crippen LogP contribution < -0.4 is 5.32 Å². The van der Waals surface area contributed by atoms with E-state index in [-0.39, 0.29) is 0 Å². The Kier molecular flexibility index (Phi) is 5.11. The molecule has 0 heterocycles. The molecule has 0 aliphatic heterocycles. The van der Waals surface area contributed by atoms with Gasteiger partial charge in [-0.2, -0.15) is 0 Å². The number of rotatable bonds is 6. The van der Waals surface area contributed by atoms with Crippen molar-refractivity contribution in [3.05, 3.63) is 0 Å². The highest BCUT2D eigenvalue weighted by molar-refractivity contribution is 4.95. The Balaban J connectivity index is 2.69. The molecule has 90 valence electrons. The van der Waals surface area contributed by atoms with Crippen molar-refractivity contribution in [1.29, 1.82) is 0 Å². The molecule has 1 fully saturated rings. The molecule has 1 N–H and O–H groups in total. The molecule has 1 heteroatoms. The van der Waals surface area contributed by atoms with Crippen LogP contribution in [0.15, 0.2) is 0 Å². The maximum Gasteiger partial charge on any atom is 0.0146 e. The molecule has 0 aromatic carbocycles. The van der Waals surface area contributed by atoms with Crippen LogP contribution in [0.25, 0.3) is 0 Å². The number of nitrogens with one attached hydrogen (secondary N) is 1. The van der Waals surface area contributed by atoms with E-state index in [0.717, 1.165) is 12.0 Å². The molecule has 2 unspecified atom stereocenters. The lowest BCUT2D eigenvalue weighted by Crippen LogP contribution is -2.46. The fourth-order valence-corrected chi connectivity index (χ4v) is 3.78. The van der Waals surface area contributed by atoms with Crippen LogP contribution in [0.4, 0.5) is 0 Å². The summed E-state index contributed by atoms with van der Waals surface area (Å²) in [7, 11) is 2.16. The van der Waals surface area contributed by atoms with E-state index in [4.69, 9.17) is 0 Å². The molecular formula is C14H29N. The van der Waals surface area contributed by atoms with Gasteiger partial charge in [0.2, 0.25) is 0 Å². The molecule has 0 saturated heterocycles. The van der Waals surface area contributed by atoms with E-state index in [1.807, 2.05) is 0 Å². The molecular weight excluding hydrogens is 182 g/mol. The van der Waals surface area contributed by atoms with Gasteiger partial charge in [0.1, 0.15) is 0 Å². The van der Waals surface area contributed by atoms with Gasteiger partial charge in [-0.3, -0.25) is 0 Å². The lowest BCUT2D eigenvalue weighted by Gasteiger charge is -2.40. The van der Waals surface area contributed by atoms with E-state index in [1.54, 1.807) is 0 Å². The highest BCUT2D eigenvalue weighted by atomic mass is 14.9. The maximum absolute atomic E-state index is 3.62. The molecule has 1 nitrogen and oxygen atoms in total. The summed E-state index contributed by atoms with van der Waals surface area (Å²) < 4.78 is 0. The van der Waals surface area contributed by atoms with Gasteiger partial charge < -0.3 is 5.32 Å². The zero-order chi connectivity index (χ0) is 11.3. The molecule has 1 aliphatic carbocycles. The smallest absolute Gasteiger partial charge is 0.0146 e. The molecule has 0 spiro atoms. The van der Waals surface area contributed by atoms with E-state index in [9.17, 15) is 0 Å². The second-order valence-electron chi connectivity index (χ2n) is 5.46. The fraction of sp³-hybridized carbons (Fsp3) is 1.00. The first-order valence-electron chi connectivity index (χ1n) is 6.87. The van der Waals surface area contributed by atoms with Gasteiger partial charge in [0.05, 0.1) is 0 Å². The maximum atomic E-state index is 3.62. The summed E-state index contributed by atoms with van der Waals surface area (Å²) in [5.74, 6) is 0.832. The van der Waals surface area contributed by atoms with Crippen LogP contribution in [-0.4, -0.2) is 13.1 Å². The van der Waals surface area contributed by atoms with Gasteiger partial charge in [-0.15, -0.1) is 0 Å². The molecule has 1 aliphatic rings. The van der Waals surface area contributed by atoms with E-state index in [0.29, 0.717) is 5.41 Å². The second kappa shape index (κ2) is 5.89. The minimum atomic E-state index is 0.614. The molecule has 0 aromatic rings. The Morgan fingerprint density at radius 1 is 1.20 bits per heavy atom. The molecule has 0 aromatic heterocycles. The average molecular weight is 211 g/mol. The fourth-order valence-electron chi connectivity index (χ4n) is 3.78. The van der Waals surface area contributed by atoms with Crippen molar-refractivity contribution < 1.29 is 0 Å². The molecule has 0 radical (unpaired) electrons. The topological polar surface area (TPSA) is 12.0 Å². The van der Waals surface area contributed by atoms with Crippen molar-refractivity contribution in [2.75, 3.05) is 7.05 Å². The third-order valence-electron chi connectivity index (χ3n) is 4.59. The summed E-state index contributed by atoms with van der Waals surface area (Å²) in [5, 5.41) is 3.62. The predicted octanol–water partition coefficient (Wildman–Crippen LogP) is 3.98. The van der Waals surface area contributed by atoms with Crippen LogP contribution in [0, 0.1) is 11.3 Å². The summed E-state index contributed by atoms with van der Waals surface area (Å²) in [5.41, 5.74) is 0.614. The summed E-state index contributed by atoms with van der Waals surface area (Å²) >= 11 is 0. The van der Waals surface area contributed by atoms with Gasteiger partial charge in [0, 0.05) is 6.04 Å². The predicted molar refractivity (Wildman–Crippen MR) is 68.1 cm³/mol. The van der Waals surface area contributed by atoms with Gasteiger partial charge >= 0.3 is 0 Å². The summed E-state index contributed by atoms with van der Waals surface area (Å²) in [4.78, 5) is 0. The molecule has 1 saturated carbocycles. The van der Waals surface area contributed by atoms with Crippen LogP contribution >= 0.6 is 0 Å². The van der Waals surface area contributed by atoms with Crippen molar-refractivity contribution in [2.45, 2.75) is 71.8 Å². The van der Waals surface area contributed by atoms with Gasteiger partial charge in [0.15, 0.2) is 0 Å². The Morgan fingerprint density at radius 3 is 2.20 bits per heavy atom. The third kappa shape index (κ3) is 2.75. The Hall–Kier alpha value is -0.0400. The lowest BCUT2D eigenvalue weighted by molar-refractivity contribution is 0.141. The van der Waals surface area contributed by atoms with Gasteiger partial charge in [-0.25, -0.2) is 0 Å². The summed E-state index contributed by atoms with van der Waals surface area (Å²) in [6, 6.07) is 0.741. The number of hydrogen-bond donors (Lipinski definition) is 1. The largest absolute Gasteiger partial charge is 0.316 e. The minimum Gasteiger partial charge on any atom is -0.316 e. The molecule has 1 rings (SSSR count). The van der Waals surface area contributed by atoms with Crippen molar-refractivity contribution in [3.63, 3.8) is 0 Å². The SMILES string of the molecule is CCCC(C)C(NC)C1(CC)CCCC1. The van der Waals surface area contributed by atoms with Crippen molar-refractivity contribution >= 4 is 0 Å². The number of hydrogen-bond acceptors (Lipinski definition) is 1. The summed E-state index contributed by atoms with van der Waals surface area (Å²) in [6.45, 7) is 7.12. The van der Waals surface area contributed by atoms with Crippen molar-refractivity contribution in [2.24, 2.45) is 11.3 Å². The second-order valence-corrected chi connectivity index (χ2v) is 5.46. The van der Waals surface area contributed by atoms with Crippen molar-refractivity contribution in [1.82, 2.24) is 5.32 Å². The quantitative estimate of drug-likeness (QED) is 0.700. The van der Waals surface area contributed by atoms with E-state index >= 15 is 0 Å². The van der Waals surface area contributed by atoms with Crippen LogP contribution in [0.1, 0.15) is 65.7 Å². The van der Waals surface area contributed by atoms with Crippen LogP contribution in [0.3, 0.4) is 0 Å². The standard InChI is InChI=1S/C14H29N/c1-5-9-12(3)13(15-4)14(6-2)10-7-8-11-14/h12-13,15H,5-11H2,1-4H3. The van der Waals surface area contributed by atoms with Crippen LogP contribution in [-0.2, 0) is 0 Å². The van der Waals surface area contributed by atoms with Crippen LogP contribution in [0.2, 0.25) is 0 Å². The molecule has 0 amide bonds. The Labute approximate surface area is 96.0 Å². The van der Waals surface area contributed by atoms with E-state index in [1.165, 1.54) is 44.9 Å². The summed E-state index contributed by atoms with van der Waals surface area (Å²) in [6.07, 6.45) is 9.83. The minimum absolute atomic E-state index is 0.614.